The van der Waals surface area contributed by atoms with Gasteiger partial charge in [0.1, 0.15) is 0 Å². The van der Waals surface area contributed by atoms with Crippen molar-refractivity contribution in [2.75, 3.05) is 0 Å². The lowest BCUT2D eigenvalue weighted by molar-refractivity contribution is 0.696. The van der Waals surface area contributed by atoms with E-state index in [0.29, 0.717) is 0 Å². The smallest absolute Gasteiger partial charge is 0.0668 e. The van der Waals surface area contributed by atoms with E-state index in [-0.39, 0.29) is 0 Å². The third kappa shape index (κ3) is 1.22. The fourth-order valence-electron chi connectivity index (χ4n) is 1.89. The minimum Gasteiger partial charge on any atom is -0.272 e. The summed E-state index contributed by atoms with van der Waals surface area (Å²) in [4.78, 5) is 0. The topological polar surface area (TPSA) is 17.8 Å². The molecule has 2 nitrogen and oxygen atoms in total. The molecule has 1 heterocycles. The standard InChI is InChI=1S/C11H14N2/c1-4-9-5-6-11-10(7-9)8(2)12-13(11)3/h4,7H,1,5-6H2,2-3H3. The summed E-state index contributed by atoms with van der Waals surface area (Å²) in [6.45, 7) is 5.86. The van der Waals surface area contributed by atoms with Gasteiger partial charge in [0, 0.05) is 18.3 Å². The average Bonchev–Trinajstić information content (AvgIpc) is 2.42. The second-order valence-corrected chi connectivity index (χ2v) is 3.49. The van der Waals surface area contributed by atoms with Crippen molar-refractivity contribution in [1.29, 1.82) is 0 Å². The van der Waals surface area contributed by atoms with Gasteiger partial charge in [-0.1, -0.05) is 12.7 Å². The molecule has 0 unspecified atom stereocenters. The quantitative estimate of drug-likeness (QED) is 0.638. The average molecular weight is 174 g/mol. The van der Waals surface area contributed by atoms with Crippen molar-refractivity contribution < 1.29 is 0 Å². The fourth-order valence-corrected chi connectivity index (χ4v) is 1.89. The van der Waals surface area contributed by atoms with E-state index >= 15 is 0 Å². The second-order valence-electron chi connectivity index (χ2n) is 3.49. The summed E-state index contributed by atoms with van der Waals surface area (Å²) in [5, 5.41) is 4.40. The molecule has 0 saturated heterocycles. The van der Waals surface area contributed by atoms with E-state index in [1.807, 2.05) is 17.8 Å². The molecule has 0 fully saturated rings. The van der Waals surface area contributed by atoms with Crippen molar-refractivity contribution in [3.05, 3.63) is 35.2 Å². The summed E-state index contributed by atoms with van der Waals surface area (Å²) in [6.07, 6.45) is 6.32. The molecular formula is C11H14N2. The van der Waals surface area contributed by atoms with Gasteiger partial charge in [0.2, 0.25) is 0 Å². The van der Waals surface area contributed by atoms with Gasteiger partial charge in [-0.15, -0.1) is 0 Å². The molecule has 0 atom stereocenters. The zero-order valence-electron chi connectivity index (χ0n) is 8.17. The zero-order chi connectivity index (χ0) is 9.42. The van der Waals surface area contributed by atoms with Crippen LogP contribution < -0.4 is 0 Å². The maximum Gasteiger partial charge on any atom is 0.0668 e. The molecule has 0 spiro atoms. The van der Waals surface area contributed by atoms with Crippen molar-refractivity contribution in [2.24, 2.45) is 7.05 Å². The molecule has 0 bridgehead atoms. The minimum absolute atomic E-state index is 1.09. The molecule has 2 heteroatoms. The van der Waals surface area contributed by atoms with Gasteiger partial charge in [-0.3, -0.25) is 4.68 Å². The zero-order valence-corrected chi connectivity index (χ0v) is 8.17. The Morgan fingerprint density at radius 3 is 3.00 bits per heavy atom. The Bertz CT molecular complexity index is 383. The molecule has 0 aromatic carbocycles. The molecule has 0 saturated carbocycles. The number of fused-ring (bicyclic) bond motifs is 1. The van der Waals surface area contributed by atoms with Gasteiger partial charge in [-0.05, 0) is 31.4 Å². The largest absolute Gasteiger partial charge is 0.272 e. The van der Waals surface area contributed by atoms with Crippen LogP contribution in [-0.2, 0) is 13.5 Å². The normalized spacial score (nSPS) is 15.1. The maximum absolute atomic E-state index is 4.40. The number of nitrogens with zero attached hydrogens (tertiary/aromatic N) is 2. The van der Waals surface area contributed by atoms with Crippen molar-refractivity contribution in [1.82, 2.24) is 9.78 Å². The van der Waals surface area contributed by atoms with Gasteiger partial charge in [-0.25, -0.2) is 0 Å². The summed E-state index contributed by atoms with van der Waals surface area (Å²) >= 11 is 0. The van der Waals surface area contributed by atoms with Crippen LogP contribution in [-0.4, -0.2) is 9.78 Å². The first kappa shape index (κ1) is 8.30. The predicted molar refractivity (Wildman–Crippen MR) is 54.4 cm³/mol. The van der Waals surface area contributed by atoms with Gasteiger partial charge in [0.15, 0.2) is 0 Å². The third-order valence-corrected chi connectivity index (χ3v) is 2.63. The molecular weight excluding hydrogens is 160 g/mol. The van der Waals surface area contributed by atoms with Crippen LogP contribution in [0.4, 0.5) is 0 Å². The van der Waals surface area contributed by atoms with Crippen LogP contribution in [0.5, 0.6) is 0 Å². The van der Waals surface area contributed by atoms with E-state index in [1.165, 1.54) is 16.8 Å². The number of hydrogen-bond donors (Lipinski definition) is 0. The minimum atomic E-state index is 1.09. The summed E-state index contributed by atoms with van der Waals surface area (Å²) in [5.41, 5.74) is 5.09. The summed E-state index contributed by atoms with van der Waals surface area (Å²) in [6, 6.07) is 0. The summed E-state index contributed by atoms with van der Waals surface area (Å²) < 4.78 is 1.99. The van der Waals surface area contributed by atoms with E-state index in [1.54, 1.807) is 0 Å². The molecule has 68 valence electrons. The van der Waals surface area contributed by atoms with Gasteiger partial charge in [-0.2, -0.15) is 5.10 Å². The number of aryl methyl sites for hydroxylation is 2. The maximum atomic E-state index is 4.40. The van der Waals surface area contributed by atoms with Gasteiger partial charge in [0.05, 0.1) is 5.69 Å². The fraction of sp³-hybridized carbons (Fsp3) is 0.364. The van der Waals surface area contributed by atoms with Crippen LogP contribution in [0, 0.1) is 6.92 Å². The first-order valence-corrected chi connectivity index (χ1v) is 4.58. The molecule has 2 rings (SSSR count). The molecule has 0 N–H and O–H groups in total. The highest BCUT2D eigenvalue weighted by Crippen LogP contribution is 2.26. The first-order valence-electron chi connectivity index (χ1n) is 4.58. The van der Waals surface area contributed by atoms with Crippen LogP contribution in [0.2, 0.25) is 0 Å². The number of aromatic nitrogens is 2. The van der Waals surface area contributed by atoms with Crippen LogP contribution in [0.3, 0.4) is 0 Å². The highest BCUT2D eigenvalue weighted by Gasteiger charge is 2.15. The Morgan fingerprint density at radius 1 is 1.54 bits per heavy atom. The van der Waals surface area contributed by atoms with Gasteiger partial charge < -0.3 is 0 Å². The van der Waals surface area contributed by atoms with E-state index < -0.39 is 0 Å². The third-order valence-electron chi connectivity index (χ3n) is 2.63. The van der Waals surface area contributed by atoms with Crippen molar-refractivity contribution in [2.45, 2.75) is 19.8 Å². The highest BCUT2D eigenvalue weighted by atomic mass is 15.3. The summed E-state index contributed by atoms with van der Waals surface area (Å²) in [5.74, 6) is 0. The van der Waals surface area contributed by atoms with Crippen molar-refractivity contribution in [3.63, 3.8) is 0 Å². The Balaban J connectivity index is 2.56. The molecule has 0 aliphatic heterocycles. The molecule has 1 aliphatic carbocycles. The van der Waals surface area contributed by atoms with Gasteiger partial charge >= 0.3 is 0 Å². The van der Waals surface area contributed by atoms with Crippen molar-refractivity contribution >= 4 is 6.08 Å². The Morgan fingerprint density at radius 2 is 2.31 bits per heavy atom. The van der Waals surface area contributed by atoms with E-state index in [0.717, 1.165) is 18.5 Å². The lowest BCUT2D eigenvalue weighted by Gasteiger charge is -2.11. The van der Waals surface area contributed by atoms with Crippen molar-refractivity contribution in [3.8, 4) is 0 Å². The van der Waals surface area contributed by atoms with Crippen LogP contribution in [0.1, 0.15) is 23.4 Å². The number of rotatable bonds is 1. The molecule has 0 radical (unpaired) electrons. The number of allylic oxidation sites excluding steroid dienone is 2. The summed E-state index contributed by atoms with van der Waals surface area (Å²) in [7, 11) is 2.01. The molecule has 1 aliphatic rings. The van der Waals surface area contributed by atoms with E-state index in [9.17, 15) is 0 Å². The predicted octanol–water partition coefficient (Wildman–Crippen LogP) is 2.24. The molecule has 1 aromatic rings. The Hall–Kier alpha value is -1.31. The number of hydrogen-bond acceptors (Lipinski definition) is 1. The highest BCUT2D eigenvalue weighted by molar-refractivity contribution is 5.62. The Labute approximate surface area is 78.6 Å². The lowest BCUT2D eigenvalue weighted by Crippen LogP contribution is -2.03. The van der Waals surface area contributed by atoms with Crippen LogP contribution >= 0.6 is 0 Å². The van der Waals surface area contributed by atoms with Crippen LogP contribution in [0.15, 0.2) is 18.2 Å². The SMILES string of the molecule is C=CC1=Cc2c(C)nn(C)c2CC1. The van der Waals surface area contributed by atoms with E-state index in [2.05, 4.69) is 24.7 Å². The molecule has 1 aromatic heterocycles. The molecule has 13 heavy (non-hydrogen) atoms. The van der Waals surface area contributed by atoms with Gasteiger partial charge in [0.25, 0.3) is 0 Å². The second kappa shape index (κ2) is 2.87. The Kier molecular flexibility index (Phi) is 1.83. The first-order chi connectivity index (χ1) is 6.22. The van der Waals surface area contributed by atoms with E-state index in [4.69, 9.17) is 0 Å². The lowest BCUT2D eigenvalue weighted by atomic mass is 9.96. The molecule has 0 amide bonds. The van der Waals surface area contributed by atoms with Crippen LogP contribution in [0.25, 0.3) is 6.08 Å². The monoisotopic (exact) mass is 174 g/mol.